The highest BCUT2D eigenvalue weighted by molar-refractivity contribution is 4.61. The second-order valence-corrected chi connectivity index (χ2v) is 12.3. The Morgan fingerprint density at radius 3 is 0.838 bits per heavy atom. The van der Waals surface area contributed by atoms with Crippen LogP contribution in [0.2, 0.25) is 0 Å². The van der Waals surface area contributed by atoms with E-state index < -0.39 is 0 Å². The van der Waals surface area contributed by atoms with Crippen LogP contribution in [0.4, 0.5) is 0 Å². The molecule has 0 saturated heterocycles. The second kappa shape index (κ2) is 34.0. The van der Waals surface area contributed by atoms with Gasteiger partial charge in [0.25, 0.3) is 0 Å². The standard InChI is InChI=1S/C36H74O/c1-4-7-10-13-16-19-22-25-28-31-34-36(33-30-27-24-21-18-15-12-9-6-3)37-35-32-29-26-23-20-17-14-11-8-5-2/h36H,4-35H2,1-3H3. The molecule has 1 heteroatoms. The lowest BCUT2D eigenvalue weighted by Crippen LogP contribution is -2.14. The first kappa shape index (κ1) is 37.0. The maximum Gasteiger partial charge on any atom is 0.0575 e. The van der Waals surface area contributed by atoms with Crippen LogP contribution < -0.4 is 0 Å². The van der Waals surface area contributed by atoms with E-state index in [1.165, 1.54) is 199 Å². The van der Waals surface area contributed by atoms with Crippen molar-refractivity contribution >= 4 is 0 Å². The predicted molar refractivity (Wildman–Crippen MR) is 170 cm³/mol. The zero-order chi connectivity index (χ0) is 26.9. The Bertz CT molecular complexity index is 379. The fourth-order valence-electron chi connectivity index (χ4n) is 5.69. The Labute approximate surface area is 237 Å². The summed E-state index contributed by atoms with van der Waals surface area (Å²) in [5, 5.41) is 0. The molecule has 0 fully saturated rings. The summed E-state index contributed by atoms with van der Waals surface area (Å²) in [6.45, 7) is 7.94. The van der Waals surface area contributed by atoms with Crippen LogP contribution in [0.3, 0.4) is 0 Å². The minimum atomic E-state index is 0.539. The van der Waals surface area contributed by atoms with Gasteiger partial charge >= 0.3 is 0 Å². The molecule has 0 aliphatic heterocycles. The average molecular weight is 523 g/mol. The second-order valence-electron chi connectivity index (χ2n) is 12.3. The van der Waals surface area contributed by atoms with Gasteiger partial charge in [-0.1, -0.05) is 201 Å². The molecular weight excluding hydrogens is 448 g/mol. The number of hydrogen-bond acceptors (Lipinski definition) is 1. The van der Waals surface area contributed by atoms with Crippen LogP contribution in [-0.4, -0.2) is 12.7 Å². The SMILES string of the molecule is CCCCCCCCCCCCOC(CCCCCCCCCCC)CCCCCCCCCCCC. The van der Waals surface area contributed by atoms with Gasteiger partial charge in [-0.15, -0.1) is 0 Å². The van der Waals surface area contributed by atoms with Gasteiger partial charge in [0.2, 0.25) is 0 Å². The van der Waals surface area contributed by atoms with Crippen LogP contribution in [0, 0.1) is 0 Å². The Kier molecular flexibility index (Phi) is 34.0. The molecule has 1 unspecified atom stereocenters. The van der Waals surface area contributed by atoms with Crippen molar-refractivity contribution < 1.29 is 4.74 Å². The maximum absolute atomic E-state index is 6.47. The van der Waals surface area contributed by atoms with Gasteiger partial charge in [-0.05, 0) is 19.3 Å². The van der Waals surface area contributed by atoms with Crippen LogP contribution >= 0.6 is 0 Å². The molecule has 0 aromatic carbocycles. The van der Waals surface area contributed by atoms with Crippen LogP contribution in [0.25, 0.3) is 0 Å². The number of hydrogen-bond donors (Lipinski definition) is 0. The van der Waals surface area contributed by atoms with Crippen LogP contribution in [0.15, 0.2) is 0 Å². The first-order chi connectivity index (χ1) is 18.3. The molecule has 37 heavy (non-hydrogen) atoms. The summed E-state index contributed by atoms with van der Waals surface area (Å²) in [7, 11) is 0. The minimum Gasteiger partial charge on any atom is -0.378 e. The van der Waals surface area contributed by atoms with Crippen molar-refractivity contribution in [3.63, 3.8) is 0 Å². The van der Waals surface area contributed by atoms with E-state index in [0.717, 1.165) is 6.61 Å². The van der Waals surface area contributed by atoms with Crippen molar-refractivity contribution in [2.75, 3.05) is 6.61 Å². The summed E-state index contributed by atoms with van der Waals surface area (Å²) in [5.41, 5.74) is 0. The molecule has 0 aromatic heterocycles. The topological polar surface area (TPSA) is 9.23 Å². The Balaban J connectivity index is 3.86. The van der Waals surface area contributed by atoms with Gasteiger partial charge < -0.3 is 4.74 Å². The highest BCUT2D eigenvalue weighted by Gasteiger charge is 2.09. The quantitative estimate of drug-likeness (QED) is 0.0778. The largest absolute Gasteiger partial charge is 0.378 e. The van der Waals surface area contributed by atoms with Gasteiger partial charge in [0, 0.05) is 6.61 Å². The number of unbranched alkanes of at least 4 members (excludes halogenated alkanes) is 26. The molecule has 0 aliphatic carbocycles. The molecule has 0 bridgehead atoms. The highest BCUT2D eigenvalue weighted by Crippen LogP contribution is 2.19. The van der Waals surface area contributed by atoms with E-state index in [-0.39, 0.29) is 0 Å². The van der Waals surface area contributed by atoms with Crippen molar-refractivity contribution in [2.24, 2.45) is 0 Å². The molecule has 0 N–H and O–H groups in total. The van der Waals surface area contributed by atoms with Crippen molar-refractivity contribution in [3.8, 4) is 0 Å². The number of ether oxygens (including phenoxy) is 1. The lowest BCUT2D eigenvalue weighted by molar-refractivity contribution is 0.0357. The molecule has 1 nitrogen and oxygen atoms in total. The molecule has 0 aromatic rings. The van der Waals surface area contributed by atoms with Crippen molar-refractivity contribution in [2.45, 2.75) is 226 Å². The van der Waals surface area contributed by atoms with E-state index in [2.05, 4.69) is 20.8 Å². The molecule has 0 rings (SSSR count). The molecule has 0 spiro atoms. The molecule has 224 valence electrons. The van der Waals surface area contributed by atoms with E-state index in [1.54, 1.807) is 0 Å². The van der Waals surface area contributed by atoms with Gasteiger partial charge in [0.15, 0.2) is 0 Å². The summed E-state index contributed by atoms with van der Waals surface area (Å²) in [5.74, 6) is 0. The summed E-state index contributed by atoms with van der Waals surface area (Å²) in [6.07, 6.45) is 44.4. The third-order valence-corrected chi connectivity index (χ3v) is 8.36. The average Bonchev–Trinajstić information content (AvgIpc) is 2.91. The fraction of sp³-hybridized carbons (Fsp3) is 1.00. The molecule has 0 radical (unpaired) electrons. The van der Waals surface area contributed by atoms with Gasteiger partial charge in [-0.25, -0.2) is 0 Å². The zero-order valence-electron chi connectivity index (χ0n) is 26.6. The predicted octanol–water partition coefficient (Wildman–Crippen LogP) is 13.5. The van der Waals surface area contributed by atoms with Crippen LogP contribution in [0.1, 0.15) is 220 Å². The monoisotopic (exact) mass is 523 g/mol. The molecule has 0 saturated carbocycles. The smallest absolute Gasteiger partial charge is 0.0575 e. The van der Waals surface area contributed by atoms with Crippen LogP contribution in [-0.2, 0) is 4.74 Å². The van der Waals surface area contributed by atoms with E-state index in [0.29, 0.717) is 6.10 Å². The third kappa shape index (κ3) is 32.1. The Morgan fingerprint density at radius 2 is 0.541 bits per heavy atom. The molecule has 0 aliphatic rings. The van der Waals surface area contributed by atoms with Gasteiger partial charge in [-0.2, -0.15) is 0 Å². The summed E-state index contributed by atoms with van der Waals surface area (Å²) in [6, 6.07) is 0. The lowest BCUT2D eigenvalue weighted by atomic mass is 10.0. The highest BCUT2D eigenvalue weighted by atomic mass is 16.5. The maximum atomic E-state index is 6.47. The first-order valence-corrected chi connectivity index (χ1v) is 18.0. The Morgan fingerprint density at radius 1 is 0.297 bits per heavy atom. The Hall–Kier alpha value is -0.0400. The van der Waals surface area contributed by atoms with E-state index >= 15 is 0 Å². The minimum absolute atomic E-state index is 0.539. The molecular formula is C36H74O. The van der Waals surface area contributed by atoms with E-state index in [4.69, 9.17) is 4.74 Å². The third-order valence-electron chi connectivity index (χ3n) is 8.36. The fourth-order valence-corrected chi connectivity index (χ4v) is 5.69. The van der Waals surface area contributed by atoms with Gasteiger partial charge in [0.1, 0.15) is 0 Å². The van der Waals surface area contributed by atoms with Gasteiger partial charge in [0.05, 0.1) is 6.10 Å². The van der Waals surface area contributed by atoms with Crippen molar-refractivity contribution in [1.29, 1.82) is 0 Å². The summed E-state index contributed by atoms with van der Waals surface area (Å²) >= 11 is 0. The van der Waals surface area contributed by atoms with E-state index in [1.807, 2.05) is 0 Å². The van der Waals surface area contributed by atoms with Crippen molar-refractivity contribution in [3.05, 3.63) is 0 Å². The molecule has 0 heterocycles. The van der Waals surface area contributed by atoms with Crippen LogP contribution in [0.5, 0.6) is 0 Å². The van der Waals surface area contributed by atoms with Crippen molar-refractivity contribution in [1.82, 2.24) is 0 Å². The van der Waals surface area contributed by atoms with E-state index in [9.17, 15) is 0 Å². The summed E-state index contributed by atoms with van der Waals surface area (Å²) < 4.78 is 6.47. The first-order valence-electron chi connectivity index (χ1n) is 18.0. The zero-order valence-corrected chi connectivity index (χ0v) is 26.6. The molecule has 0 amide bonds. The molecule has 1 atom stereocenters. The van der Waals surface area contributed by atoms with Gasteiger partial charge in [-0.3, -0.25) is 0 Å². The summed E-state index contributed by atoms with van der Waals surface area (Å²) in [4.78, 5) is 0. The lowest BCUT2D eigenvalue weighted by Gasteiger charge is -2.18. The number of rotatable bonds is 33. The normalized spacial score (nSPS) is 12.4.